The molecule has 1 aromatic rings. The van der Waals surface area contributed by atoms with Crippen LogP contribution in [0.2, 0.25) is 0 Å². The van der Waals surface area contributed by atoms with Crippen LogP contribution in [0.1, 0.15) is 32.3 Å². The lowest BCUT2D eigenvalue weighted by molar-refractivity contribution is -0.131. The summed E-state index contributed by atoms with van der Waals surface area (Å²) in [4.78, 5) is 22.0. The highest BCUT2D eigenvalue weighted by atomic mass is 19.1. The van der Waals surface area contributed by atoms with Crippen molar-refractivity contribution in [2.45, 2.75) is 26.7 Å². The van der Waals surface area contributed by atoms with Crippen LogP contribution < -0.4 is 5.32 Å². The quantitative estimate of drug-likeness (QED) is 0.785. The fourth-order valence-corrected chi connectivity index (χ4v) is 1.57. The van der Waals surface area contributed by atoms with Crippen LogP contribution in [0.15, 0.2) is 24.3 Å². The van der Waals surface area contributed by atoms with E-state index in [9.17, 15) is 14.0 Å². The van der Waals surface area contributed by atoms with Crippen molar-refractivity contribution in [2.75, 3.05) is 5.32 Å². The van der Waals surface area contributed by atoms with Gasteiger partial charge in [-0.05, 0) is 29.7 Å². The van der Waals surface area contributed by atoms with E-state index < -0.39 is 11.8 Å². The van der Waals surface area contributed by atoms with Gasteiger partial charge in [-0.1, -0.05) is 26.3 Å². The van der Waals surface area contributed by atoms with Crippen molar-refractivity contribution in [2.24, 2.45) is 5.92 Å². The molecule has 108 valence electrons. The Hall–Kier alpha value is -2.17. The number of carbonyl (C=O) groups is 2. The molecule has 0 spiro atoms. The van der Waals surface area contributed by atoms with Gasteiger partial charge in [0.1, 0.15) is 5.82 Å². The number of carboxylic acids is 1. The van der Waals surface area contributed by atoms with Crippen molar-refractivity contribution in [3.8, 4) is 0 Å². The zero-order valence-electron chi connectivity index (χ0n) is 11.5. The molecule has 0 fully saturated rings. The fourth-order valence-electron chi connectivity index (χ4n) is 1.57. The summed E-state index contributed by atoms with van der Waals surface area (Å²) in [6, 6.07) is 4.14. The number of nitrogens with one attached hydrogen (secondary N) is 1. The van der Waals surface area contributed by atoms with E-state index >= 15 is 0 Å². The highest BCUT2D eigenvalue weighted by Crippen LogP contribution is 2.18. The van der Waals surface area contributed by atoms with Gasteiger partial charge in [-0.25, -0.2) is 9.18 Å². The van der Waals surface area contributed by atoms with Crippen LogP contribution in [-0.2, 0) is 9.59 Å². The van der Waals surface area contributed by atoms with Gasteiger partial charge in [-0.15, -0.1) is 0 Å². The van der Waals surface area contributed by atoms with E-state index in [1.165, 1.54) is 18.2 Å². The fraction of sp³-hybridized carbons (Fsp3) is 0.333. The van der Waals surface area contributed by atoms with Gasteiger partial charge in [0.2, 0.25) is 5.91 Å². The Bertz CT molecular complexity index is 526. The number of hydrogen-bond donors (Lipinski definition) is 2. The van der Waals surface area contributed by atoms with E-state index in [0.29, 0.717) is 12.0 Å². The lowest BCUT2D eigenvalue weighted by atomic mass is 10.0. The number of rotatable bonds is 6. The van der Waals surface area contributed by atoms with E-state index in [1.54, 1.807) is 6.07 Å². The van der Waals surface area contributed by atoms with Crippen molar-refractivity contribution < 1.29 is 19.1 Å². The molecule has 2 N–H and O–H groups in total. The number of halogens is 1. The average molecular weight is 279 g/mol. The Morgan fingerprint density at radius 1 is 1.45 bits per heavy atom. The Balaban J connectivity index is 2.73. The molecular formula is C15H18FNO3. The van der Waals surface area contributed by atoms with E-state index in [2.05, 4.69) is 5.32 Å². The second kappa shape index (κ2) is 7.43. The van der Waals surface area contributed by atoms with Crippen molar-refractivity contribution in [3.05, 3.63) is 35.7 Å². The average Bonchev–Trinajstić information content (AvgIpc) is 2.38. The van der Waals surface area contributed by atoms with Crippen LogP contribution in [0, 0.1) is 11.7 Å². The van der Waals surface area contributed by atoms with Crippen molar-refractivity contribution in [3.63, 3.8) is 0 Å². The number of amides is 1. The number of aliphatic carboxylic acids is 1. The lowest BCUT2D eigenvalue weighted by Crippen LogP contribution is -2.15. The summed E-state index contributed by atoms with van der Waals surface area (Å²) in [5.41, 5.74) is 0.524. The zero-order chi connectivity index (χ0) is 15.1. The normalized spacial score (nSPS) is 12.3. The number of hydrogen-bond acceptors (Lipinski definition) is 2. The van der Waals surface area contributed by atoms with Crippen LogP contribution in [0.5, 0.6) is 0 Å². The molecule has 1 atom stereocenters. The first kappa shape index (κ1) is 15.9. The SMILES string of the molecule is CCC(C)CC(=O)Nc1ccc(/C=C/C(=O)O)cc1F. The maximum absolute atomic E-state index is 13.8. The number of carboxylic acid groups (broad SMARTS) is 1. The van der Waals surface area contributed by atoms with E-state index in [-0.39, 0.29) is 17.5 Å². The molecule has 1 amide bonds. The molecule has 20 heavy (non-hydrogen) atoms. The maximum atomic E-state index is 13.8. The van der Waals surface area contributed by atoms with Crippen LogP contribution in [-0.4, -0.2) is 17.0 Å². The maximum Gasteiger partial charge on any atom is 0.328 e. The largest absolute Gasteiger partial charge is 0.478 e. The summed E-state index contributed by atoms with van der Waals surface area (Å²) in [6.45, 7) is 3.94. The van der Waals surface area contributed by atoms with Crippen LogP contribution in [0.4, 0.5) is 10.1 Å². The van der Waals surface area contributed by atoms with E-state index in [4.69, 9.17) is 5.11 Å². The van der Waals surface area contributed by atoms with Gasteiger partial charge >= 0.3 is 5.97 Å². The number of carbonyl (C=O) groups excluding carboxylic acids is 1. The number of anilines is 1. The topological polar surface area (TPSA) is 66.4 Å². The minimum absolute atomic E-state index is 0.103. The van der Waals surface area contributed by atoms with Crippen molar-refractivity contribution in [1.29, 1.82) is 0 Å². The van der Waals surface area contributed by atoms with E-state index in [1.807, 2.05) is 13.8 Å². The third-order valence-corrected chi connectivity index (χ3v) is 2.92. The van der Waals surface area contributed by atoms with Crippen LogP contribution >= 0.6 is 0 Å². The molecule has 1 aromatic carbocycles. The van der Waals surface area contributed by atoms with Gasteiger partial charge in [0.15, 0.2) is 0 Å². The standard InChI is InChI=1S/C15H18FNO3/c1-3-10(2)8-14(18)17-13-6-4-11(9-12(13)16)5-7-15(19)20/h4-7,9-10H,3,8H2,1-2H3,(H,17,18)(H,19,20)/b7-5+. The predicted molar refractivity (Wildman–Crippen MR) is 75.8 cm³/mol. The molecule has 1 rings (SSSR count). The Kier molecular flexibility index (Phi) is 5.90. The second-order valence-corrected chi connectivity index (χ2v) is 4.68. The van der Waals surface area contributed by atoms with Gasteiger partial charge in [-0.2, -0.15) is 0 Å². The van der Waals surface area contributed by atoms with E-state index in [0.717, 1.165) is 12.5 Å². The molecule has 0 saturated heterocycles. The summed E-state index contributed by atoms with van der Waals surface area (Å²) in [7, 11) is 0. The first-order valence-electron chi connectivity index (χ1n) is 6.42. The van der Waals surface area contributed by atoms with Gasteiger partial charge in [0, 0.05) is 12.5 Å². The highest BCUT2D eigenvalue weighted by Gasteiger charge is 2.10. The van der Waals surface area contributed by atoms with Gasteiger partial charge in [-0.3, -0.25) is 4.79 Å². The minimum atomic E-state index is -1.10. The summed E-state index contributed by atoms with van der Waals surface area (Å²) in [6.07, 6.45) is 3.44. The molecule has 0 heterocycles. The van der Waals surface area contributed by atoms with Gasteiger partial charge < -0.3 is 10.4 Å². The molecule has 0 bridgehead atoms. The molecule has 0 aliphatic carbocycles. The molecule has 0 aromatic heterocycles. The summed E-state index contributed by atoms with van der Waals surface area (Å²) in [5.74, 6) is -1.67. The predicted octanol–water partition coefficient (Wildman–Crippen LogP) is 3.30. The third kappa shape index (κ3) is 5.22. The monoisotopic (exact) mass is 279 g/mol. The molecule has 0 saturated carbocycles. The van der Waals surface area contributed by atoms with Crippen LogP contribution in [0.25, 0.3) is 6.08 Å². The Morgan fingerprint density at radius 3 is 2.70 bits per heavy atom. The Morgan fingerprint density at radius 2 is 2.15 bits per heavy atom. The highest BCUT2D eigenvalue weighted by molar-refractivity contribution is 5.91. The van der Waals surface area contributed by atoms with Crippen molar-refractivity contribution in [1.82, 2.24) is 0 Å². The first-order valence-corrected chi connectivity index (χ1v) is 6.42. The summed E-state index contributed by atoms with van der Waals surface area (Å²) < 4.78 is 13.8. The molecule has 0 aliphatic heterocycles. The molecule has 0 aliphatic rings. The minimum Gasteiger partial charge on any atom is -0.478 e. The first-order chi connectivity index (χ1) is 9.42. The lowest BCUT2D eigenvalue weighted by Gasteiger charge is -2.10. The second-order valence-electron chi connectivity index (χ2n) is 4.68. The Labute approximate surface area is 117 Å². The summed E-state index contributed by atoms with van der Waals surface area (Å²) >= 11 is 0. The van der Waals surface area contributed by atoms with Gasteiger partial charge in [0.05, 0.1) is 5.69 Å². The molecule has 4 nitrogen and oxygen atoms in total. The van der Waals surface area contributed by atoms with Crippen molar-refractivity contribution >= 4 is 23.6 Å². The summed E-state index contributed by atoms with van der Waals surface area (Å²) in [5, 5.41) is 11.0. The molecule has 1 unspecified atom stereocenters. The molecule has 5 heteroatoms. The molecule has 0 radical (unpaired) electrons. The van der Waals surface area contributed by atoms with Gasteiger partial charge in [0.25, 0.3) is 0 Å². The third-order valence-electron chi connectivity index (χ3n) is 2.92. The molecular weight excluding hydrogens is 261 g/mol. The smallest absolute Gasteiger partial charge is 0.328 e. The zero-order valence-corrected chi connectivity index (χ0v) is 11.5. The van der Waals surface area contributed by atoms with Crippen LogP contribution in [0.3, 0.4) is 0 Å². The number of benzene rings is 1.